The number of amides is 1. The van der Waals surface area contributed by atoms with Crippen LogP contribution in [0.1, 0.15) is 32.8 Å². The number of nitrogens with two attached hydrogens (primary N) is 1. The smallest absolute Gasteiger partial charge is 0.244 e. The number of hydrogen-bond acceptors (Lipinski definition) is 4. The Morgan fingerprint density at radius 1 is 1.38 bits per heavy atom. The van der Waals surface area contributed by atoms with E-state index < -0.39 is 16.1 Å². The zero-order valence-electron chi connectivity index (χ0n) is 14.3. The molecule has 3 N–H and O–H groups in total. The quantitative estimate of drug-likeness (QED) is 0.790. The molecule has 1 heterocycles. The van der Waals surface area contributed by atoms with Crippen LogP contribution in [0.15, 0.2) is 23.1 Å². The Morgan fingerprint density at radius 2 is 2.04 bits per heavy atom. The summed E-state index contributed by atoms with van der Waals surface area (Å²) in [6.45, 7) is 6.54. The van der Waals surface area contributed by atoms with Crippen LogP contribution in [0.4, 0.5) is 5.69 Å². The molecular formula is C16H26ClN3O3S. The van der Waals surface area contributed by atoms with E-state index in [-0.39, 0.29) is 29.1 Å². The van der Waals surface area contributed by atoms with E-state index >= 15 is 0 Å². The summed E-state index contributed by atoms with van der Waals surface area (Å²) in [7, 11) is -3.54. The van der Waals surface area contributed by atoms with Crippen LogP contribution in [0.3, 0.4) is 0 Å². The number of nitrogens with one attached hydrogen (secondary N) is 1. The van der Waals surface area contributed by atoms with Crippen molar-refractivity contribution in [1.29, 1.82) is 0 Å². The number of halogens is 1. The topological polar surface area (TPSA) is 92.5 Å². The third-order valence-electron chi connectivity index (χ3n) is 4.41. The molecule has 136 valence electrons. The molecular weight excluding hydrogens is 350 g/mol. The van der Waals surface area contributed by atoms with Crippen molar-refractivity contribution in [1.82, 2.24) is 4.72 Å². The molecule has 0 fully saturated rings. The van der Waals surface area contributed by atoms with E-state index in [0.717, 1.165) is 18.4 Å². The van der Waals surface area contributed by atoms with E-state index in [2.05, 4.69) is 4.72 Å². The molecule has 2 rings (SSSR count). The Hall–Kier alpha value is -1.15. The standard InChI is InChI=1S/C16H25N3O3S.ClH/c1-4-11(3)15(17)16(20)19-9-8-12-6-7-13(10-14(12)19)23(21,22)18-5-2;/h6-7,10-11,15,18H,4-5,8-9,17H2,1-3H3;1H. The molecule has 2 unspecified atom stereocenters. The second kappa shape index (κ2) is 8.29. The number of carbonyl (C=O) groups is 1. The van der Waals surface area contributed by atoms with Gasteiger partial charge in [0.15, 0.2) is 0 Å². The van der Waals surface area contributed by atoms with Gasteiger partial charge < -0.3 is 10.6 Å². The number of carbonyl (C=O) groups excluding carboxylic acids is 1. The van der Waals surface area contributed by atoms with E-state index in [0.29, 0.717) is 18.8 Å². The fraction of sp³-hybridized carbons (Fsp3) is 0.562. The van der Waals surface area contributed by atoms with Crippen molar-refractivity contribution in [3.63, 3.8) is 0 Å². The predicted octanol–water partition coefficient (Wildman–Crippen LogP) is 1.67. The highest BCUT2D eigenvalue weighted by Crippen LogP contribution is 2.31. The number of hydrogen-bond donors (Lipinski definition) is 2. The lowest BCUT2D eigenvalue weighted by Gasteiger charge is -2.25. The Bertz CT molecular complexity index is 694. The Balaban J connectivity index is 0.00000288. The van der Waals surface area contributed by atoms with Gasteiger partial charge in [-0.1, -0.05) is 33.3 Å². The third-order valence-corrected chi connectivity index (χ3v) is 5.95. The maximum absolute atomic E-state index is 12.6. The SMILES string of the molecule is CCNS(=O)(=O)c1ccc2c(c1)N(C(=O)C(N)C(C)CC)CC2.Cl. The van der Waals surface area contributed by atoms with Crippen LogP contribution in [-0.2, 0) is 21.2 Å². The predicted molar refractivity (Wildman–Crippen MR) is 98.0 cm³/mol. The van der Waals surface area contributed by atoms with Crippen molar-refractivity contribution in [2.24, 2.45) is 11.7 Å². The van der Waals surface area contributed by atoms with Gasteiger partial charge in [-0.05, 0) is 30.0 Å². The molecule has 0 bridgehead atoms. The van der Waals surface area contributed by atoms with Gasteiger partial charge in [-0.3, -0.25) is 4.79 Å². The first-order valence-electron chi connectivity index (χ1n) is 8.01. The van der Waals surface area contributed by atoms with Gasteiger partial charge in [0.25, 0.3) is 0 Å². The average Bonchev–Trinajstić information content (AvgIpc) is 2.95. The van der Waals surface area contributed by atoms with Crippen molar-refractivity contribution in [2.45, 2.75) is 44.6 Å². The maximum Gasteiger partial charge on any atom is 0.244 e. The molecule has 0 aromatic heterocycles. The summed E-state index contributed by atoms with van der Waals surface area (Å²) in [6, 6.07) is 4.36. The van der Waals surface area contributed by atoms with Crippen LogP contribution < -0.4 is 15.4 Å². The average molecular weight is 376 g/mol. The van der Waals surface area contributed by atoms with Gasteiger partial charge in [0.1, 0.15) is 0 Å². The molecule has 24 heavy (non-hydrogen) atoms. The number of fused-ring (bicyclic) bond motifs is 1. The van der Waals surface area contributed by atoms with Gasteiger partial charge in [0, 0.05) is 18.8 Å². The van der Waals surface area contributed by atoms with Crippen LogP contribution in [0, 0.1) is 5.92 Å². The molecule has 0 saturated carbocycles. The molecule has 8 heteroatoms. The highest BCUT2D eigenvalue weighted by molar-refractivity contribution is 7.89. The Morgan fingerprint density at radius 3 is 2.62 bits per heavy atom. The van der Waals surface area contributed by atoms with Crippen LogP contribution >= 0.6 is 12.4 Å². The fourth-order valence-corrected chi connectivity index (χ4v) is 3.77. The van der Waals surface area contributed by atoms with Crippen LogP contribution in [0.2, 0.25) is 0 Å². The van der Waals surface area contributed by atoms with Gasteiger partial charge in [0.05, 0.1) is 10.9 Å². The van der Waals surface area contributed by atoms with Crippen molar-refractivity contribution in [2.75, 3.05) is 18.0 Å². The molecule has 1 aliphatic rings. The third kappa shape index (κ3) is 4.08. The minimum atomic E-state index is -3.54. The number of nitrogens with zero attached hydrogens (tertiary/aromatic N) is 1. The summed E-state index contributed by atoms with van der Waals surface area (Å²) < 4.78 is 26.8. The second-order valence-corrected chi connectivity index (χ2v) is 7.71. The normalized spacial score (nSPS) is 16.2. The summed E-state index contributed by atoms with van der Waals surface area (Å²) in [5.41, 5.74) is 7.69. The largest absolute Gasteiger partial charge is 0.320 e. The molecule has 1 aromatic rings. The Labute approximate surface area is 150 Å². The molecule has 0 radical (unpaired) electrons. The molecule has 1 aliphatic heterocycles. The number of rotatable bonds is 6. The lowest BCUT2D eigenvalue weighted by Crippen LogP contribution is -2.46. The first-order chi connectivity index (χ1) is 10.8. The molecule has 0 saturated heterocycles. The highest BCUT2D eigenvalue weighted by Gasteiger charge is 2.31. The van der Waals surface area contributed by atoms with E-state index in [1.165, 1.54) is 0 Å². The number of benzene rings is 1. The summed E-state index contributed by atoms with van der Waals surface area (Å²) in [5, 5.41) is 0. The highest BCUT2D eigenvalue weighted by atomic mass is 35.5. The zero-order valence-corrected chi connectivity index (χ0v) is 15.9. The monoisotopic (exact) mass is 375 g/mol. The van der Waals surface area contributed by atoms with E-state index in [1.54, 1.807) is 30.0 Å². The van der Waals surface area contributed by atoms with Gasteiger partial charge in [-0.2, -0.15) is 0 Å². The van der Waals surface area contributed by atoms with Crippen LogP contribution in [0.25, 0.3) is 0 Å². The van der Waals surface area contributed by atoms with E-state index in [9.17, 15) is 13.2 Å². The van der Waals surface area contributed by atoms with Crippen molar-refractivity contribution < 1.29 is 13.2 Å². The lowest BCUT2D eigenvalue weighted by molar-refractivity contribution is -0.120. The van der Waals surface area contributed by atoms with Crippen LogP contribution in [-0.4, -0.2) is 33.5 Å². The Kier molecular flexibility index (Phi) is 7.22. The summed E-state index contributed by atoms with van der Waals surface area (Å²) in [4.78, 5) is 14.4. The molecule has 1 amide bonds. The number of anilines is 1. The molecule has 1 aromatic carbocycles. The fourth-order valence-electron chi connectivity index (χ4n) is 2.71. The first-order valence-corrected chi connectivity index (χ1v) is 9.49. The van der Waals surface area contributed by atoms with E-state index in [1.807, 2.05) is 13.8 Å². The molecule has 2 atom stereocenters. The van der Waals surface area contributed by atoms with Crippen molar-refractivity contribution in [3.8, 4) is 0 Å². The summed E-state index contributed by atoms with van der Waals surface area (Å²) >= 11 is 0. The second-order valence-electron chi connectivity index (χ2n) is 5.94. The van der Waals surface area contributed by atoms with E-state index in [4.69, 9.17) is 5.73 Å². The zero-order chi connectivity index (χ0) is 17.2. The van der Waals surface area contributed by atoms with Crippen molar-refractivity contribution >= 4 is 34.0 Å². The summed E-state index contributed by atoms with van der Waals surface area (Å²) in [5.74, 6) is -0.0590. The van der Waals surface area contributed by atoms with Crippen molar-refractivity contribution in [3.05, 3.63) is 23.8 Å². The van der Waals surface area contributed by atoms with Gasteiger partial charge >= 0.3 is 0 Å². The minimum Gasteiger partial charge on any atom is -0.320 e. The van der Waals surface area contributed by atoms with Gasteiger partial charge in [0.2, 0.25) is 15.9 Å². The summed E-state index contributed by atoms with van der Waals surface area (Å²) in [6.07, 6.45) is 1.54. The minimum absolute atomic E-state index is 0. The number of sulfonamides is 1. The lowest BCUT2D eigenvalue weighted by atomic mass is 9.99. The van der Waals surface area contributed by atoms with Gasteiger partial charge in [-0.25, -0.2) is 13.1 Å². The molecule has 6 nitrogen and oxygen atoms in total. The maximum atomic E-state index is 12.6. The first kappa shape index (κ1) is 20.9. The van der Waals surface area contributed by atoms with Gasteiger partial charge in [-0.15, -0.1) is 12.4 Å². The molecule has 0 aliphatic carbocycles. The van der Waals surface area contributed by atoms with Crippen LogP contribution in [0.5, 0.6) is 0 Å². The molecule has 0 spiro atoms.